The molecule has 1 rings (SSSR count). The van der Waals surface area contributed by atoms with Gasteiger partial charge in [0.15, 0.2) is 5.82 Å². The van der Waals surface area contributed by atoms with Gasteiger partial charge in [-0.15, -0.1) is 0 Å². The molecule has 0 saturated carbocycles. The first kappa shape index (κ1) is 16.9. The van der Waals surface area contributed by atoms with Gasteiger partial charge in [0.1, 0.15) is 6.61 Å². The molecular weight excluding hydrogens is 275 g/mol. The van der Waals surface area contributed by atoms with Crippen LogP contribution in [0.5, 0.6) is 0 Å². The minimum atomic E-state index is -4.31. The van der Waals surface area contributed by atoms with E-state index in [9.17, 15) is 13.2 Å². The van der Waals surface area contributed by atoms with Crippen molar-refractivity contribution >= 4 is 0 Å². The quantitative estimate of drug-likeness (QED) is 0.743. The second-order valence-corrected chi connectivity index (χ2v) is 4.87. The number of nitrogens with zero attached hydrogens (tertiary/aromatic N) is 2. The van der Waals surface area contributed by atoms with Crippen molar-refractivity contribution in [2.75, 3.05) is 20.3 Å². The predicted octanol–water partition coefficient (Wildman–Crippen LogP) is 1.98. The molecule has 0 saturated heterocycles. The third-order valence-corrected chi connectivity index (χ3v) is 2.82. The molecule has 1 aromatic rings. The molecule has 1 atom stereocenters. The second kappa shape index (κ2) is 7.58. The molecule has 0 spiro atoms. The summed E-state index contributed by atoms with van der Waals surface area (Å²) in [6, 6.07) is 0.213. The van der Waals surface area contributed by atoms with E-state index < -0.39 is 12.8 Å². The number of nitrogens with one attached hydrogen (secondary N) is 1. The van der Waals surface area contributed by atoms with Crippen LogP contribution in [0.15, 0.2) is 4.52 Å². The van der Waals surface area contributed by atoms with E-state index in [1.165, 1.54) is 0 Å². The van der Waals surface area contributed by atoms with Crippen LogP contribution in [0, 0.1) is 5.92 Å². The SMILES string of the molecule is CNC(Cc1nc(CCOCC(F)(F)F)no1)C(C)C. The summed E-state index contributed by atoms with van der Waals surface area (Å²) in [5, 5.41) is 6.87. The lowest BCUT2D eigenvalue weighted by Crippen LogP contribution is -2.32. The highest BCUT2D eigenvalue weighted by Gasteiger charge is 2.27. The van der Waals surface area contributed by atoms with Crippen molar-refractivity contribution in [1.82, 2.24) is 15.5 Å². The molecule has 116 valence electrons. The van der Waals surface area contributed by atoms with E-state index >= 15 is 0 Å². The smallest absolute Gasteiger partial charge is 0.372 e. The van der Waals surface area contributed by atoms with Gasteiger partial charge in [0.05, 0.1) is 6.61 Å². The average Bonchev–Trinajstić information content (AvgIpc) is 2.78. The normalized spacial score (nSPS) is 13.9. The van der Waals surface area contributed by atoms with Gasteiger partial charge in [0.25, 0.3) is 0 Å². The van der Waals surface area contributed by atoms with Crippen LogP contribution in [0.25, 0.3) is 0 Å². The number of aromatic nitrogens is 2. The predicted molar refractivity (Wildman–Crippen MR) is 66.3 cm³/mol. The Labute approximate surface area is 115 Å². The van der Waals surface area contributed by atoms with Crippen molar-refractivity contribution in [1.29, 1.82) is 0 Å². The fraction of sp³-hybridized carbons (Fsp3) is 0.833. The molecule has 0 aliphatic heterocycles. The lowest BCUT2D eigenvalue weighted by molar-refractivity contribution is -0.173. The number of likely N-dealkylation sites (N-methyl/N-ethyl adjacent to an activating group) is 1. The Morgan fingerprint density at radius 3 is 2.60 bits per heavy atom. The van der Waals surface area contributed by atoms with Crippen molar-refractivity contribution in [2.24, 2.45) is 5.92 Å². The molecule has 5 nitrogen and oxygen atoms in total. The molecule has 0 aromatic carbocycles. The molecule has 0 fully saturated rings. The Bertz CT molecular complexity index is 394. The summed E-state index contributed by atoms with van der Waals surface area (Å²) in [6.45, 7) is 2.80. The van der Waals surface area contributed by atoms with Crippen LogP contribution in [0.3, 0.4) is 0 Å². The van der Waals surface area contributed by atoms with Crippen molar-refractivity contribution in [2.45, 2.75) is 38.9 Å². The number of ether oxygens (including phenoxy) is 1. The molecule has 1 unspecified atom stereocenters. The molecule has 1 heterocycles. The van der Waals surface area contributed by atoms with Crippen LogP contribution < -0.4 is 5.32 Å². The lowest BCUT2D eigenvalue weighted by atomic mass is 10.0. The summed E-state index contributed by atoms with van der Waals surface area (Å²) in [6.07, 6.45) is -3.52. The Balaban J connectivity index is 2.36. The summed E-state index contributed by atoms with van der Waals surface area (Å²) in [7, 11) is 1.85. The second-order valence-electron chi connectivity index (χ2n) is 4.87. The molecular formula is C12H20F3N3O2. The molecule has 0 aliphatic carbocycles. The fourth-order valence-electron chi connectivity index (χ4n) is 1.69. The van der Waals surface area contributed by atoms with Gasteiger partial charge in [-0.3, -0.25) is 0 Å². The van der Waals surface area contributed by atoms with Crippen LogP contribution in [0.4, 0.5) is 13.2 Å². The summed E-state index contributed by atoms with van der Waals surface area (Å²) in [5.41, 5.74) is 0. The first-order valence-electron chi connectivity index (χ1n) is 6.45. The molecule has 1 N–H and O–H groups in total. The molecule has 0 radical (unpaired) electrons. The van der Waals surface area contributed by atoms with Gasteiger partial charge in [-0.25, -0.2) is 0 Å². The van der Waals surface area contributed by atoms with Crippen molar-refractivity contribution in [3.05, 3.63) is 11.7 Å². The standard InChI is InChI=1S/C12H20F3N3O2/c1-8(2)9(16-3)6-11-17-10(18-20-11)4-5-19-7-12(13,14)15/h8-9,16H,4-7H2,1-3H3. The van der Waals surface area contributed by atoms with E-state index in [2.05, 4.69) is 34.0 Å². The summed E-state index contributed by atoms with van der Waals surface area (Å²) < 4.78 is 45.1. The van der Waals surface area contributed by atoms with Crippen molar-refractivity contribution < 1.29 is 22.4 Å². The van der Waals surface area contributed by atoms with E-state index in [0.29, 0.717) is 24.1 Å². The zero-order chi connectivity index (χ0) is 15.2. The van der Waals surface area contributed by atoms with Gasteiger partial charge in [-0.2, -0.15) is 18.2 Å². The molecule has 0 amide bonds. The summed E-state index contributed by atoms with van der Waals surface area (Å²) in [4.78, 5) is 4.14. The first-order chi connectivity index (χ1) is 9.31. The van der Waals surface area contributed by atoms with E-state index in [1.807, 2.05) is 7.05 Å². The Hall–Kier alpha value is -1.15. The van der Waals surface area contributed by atoms with E-state index in [0.717, 1.165) is 0 Å². The highest BCUT2D eigenvalue weighted by atomic mass is 19.4. The molecule has 0 aliphatic rings. The Kier molecular flexibility index (Phi) is 6.41. The maximum atomic E-state index is 11.9. The number of hydrogen-bond donors (Lipinski definition) is 1. The minimum absolute atomic E-state index is 0.0852. The van der Waals surface area contributed by atoms with E-state index in [1.54, 1.807) is 0 Å². The van der Waals surface area contributed by atoms with Crippen LogP contribution >= 0.6 is 0 Å². The minimum Gasteiger partial charge on any atom is -0.372 e. The van der Waals surface area contributed by atoms with Gasteiger partial charge >= 0.3 is 6.18 Å². The number of alkyl halides is 3. The maximum Gasteiger partial charge on any atom is 0.411 e. The molecule has 8 heteroatoms. The van der Waals surface area contributed by atoms with Crippen LogP contribution in [0.2, 0.25) is 0 Å². The van der Waals surface area contributed by atoms with Crippen molar-refractivity contribution in [3.8, 4) is 0 Å². The molecule has 0 bridgehead atoms. The zero-order valence-electron chi connectivity index (χ0n) is 11.8. The van der Waals surface area contributed by atoms with Gasteiger partial charge < -0.3 is 14.6 Å². The molecule has 20 heavy (non-hydrogen) atoms. The fourth-order valence-corrected chi connectivity index (χ4v) is 1.69. The van der Waals surface area contributed by atoms with Crippen molar-refractivity contribution in [3.63, 3.8) is 0 Å². The third kappa shape index (κ3) is 6.33. The molecule has 1 aromatic heterocycles. The van der Waals surface area contributed by atoms with Gasteiger partial charge in [-0.05, 0) is 13.0 Å². The third-order valence-electron chi connectivity index (χ3n) is 2.82. The lowest BCUT2D eigenvalue weighted by Gasteiger charge is -2.17. The summed E-state index contributed by atoms with van der Waals surface area (Å²) >= 11 is 0. The number of hydrogen-bond acceptors (Lipinski definition) is 5. The topological polar surface area (TPSA) is 60.2 Å². The first-order valence-corrected chi connectivity index (χ1v) is 6.45. The maximum absolute atomic E-state index is 11.9. The number of halogens is 3. The monoisotopic (exact) mass is 295 g/mol. The average molecular weight is 295 g/mol. The Morgan fingerprint density at radius 1 is 1.35 bits per heavy atom. The van der Waals surface area contributed by atoms with Crippen LogP contribution in [-0.4, -0.2) is 42.6 Å². The summed E-state index contributed by atoms with van der Waals surface area (Å²) in [5.74, 6) is 1.25. The highest BCUT2D eigenvalue weighted by molar-refractivity contribution is 4.90. The van der Waals surface area contributed by atoms with Gasteiger partial charge in [0.2, 0.25) is 5.89 Å². The Morgan fingerprint density at radius 2 is 2.05 bits per heavy atom. The van der Waals surface area contributed by atoms with Gasteiger partial charge in [0, 0.05) is 18.9 Å². The van der Waals surface area contributed by atoms with Gasteiger partial charge in [-0.1, -0.05) is 19.0 Å². The largest absolute Gasteiger partial charge is 0.411 e. The van der Waals surface area contributed by atoms with Crippen LogP contribution in [-0.2, 0) is 17.6 Å². The number of rotatable bonds is 8. The van der Waals surface area contributed by atoms with E-state index in [-0.39, 0.29) is 19.1 Å². The highest BCUT2D eigenvalue weighted by Crippen LogP contribution is 2.14. The zero-order valence-corrected chi connectivity index (χ0v) is 11.8. The van der Waals surface area contributed by atoms with Crippen LogP contribution in [0.1, 0.15) is 25.6 Å². The van der Waals surface area contributed by atoms with E-state index in [4.69, 9.17) is 4.52 Å².